The molecule has 2 atom stereocenters. The first-order valence-electron chi connectivity index (χ1n) is 6.71. The maximum absolute atomic E-state index is 12.6. The number of carbonyl (C=O) groups is 1. The lowest BCUT2D eigenvalue weighted by atomic mass is 10.0. The van der Waals surface area contributed by atoms with Crippen LogP contribution in [0.1, 0.15) is 17.5 Å². The molecule has 1 aromatic rings. The highest BCUT2D eigenvalue weighted by molar-refractivity contribution is 9.10. The van der Waals surface area contributed by atoms with Gasteiger partial charge in [0.2, 0.25) is 5.91 Å². The summed E-state index contributed by atoms with van der Waals surface area (Å²) in [5.41, 5.74) is 5.11. The van der Waals surface area contributed by atoms with E-state index in [1.54, 1.807) is 0 Å². The smallest absolute Gasteiger partial charge is 0.391 e. The number of hydrogen-bond acceptors (Lipinski definition) is 3. The Morgan fingerprint density at radius 1 is 1.41 bits per heavy atom. The molecule has 22 heavy (non-hydrogen) atoms. The number of amides is 1. The lowest BCUT2D eigenvalue weighted by molar-refractivity contribution is -0.137. The van der Waals surface area contributed by atoms with Gasteiger partial charge >= 0.3 is 6.18 Å². The number of aliphatic hydroxyl groups excluding tert-OH is 1. The van der Waals surface area contributed by atoms with Gasteiger partial charge in [0.05, 0.1) is 11.7 Å². The van der Waals surface area contributed by atoms with Crippen LogP contribution < -0.4 is 5.73 Å². The molecule has 8 heteroatoms. The van der Waals surface area contributed by atoms with E-state index in [1.165, 1.54) is 6.07 Å². The zero-order chi connectivity index (χ0) is 16.5. The minimum absolute atomic E-state index is 0.103. The Balaban J connectivity index is 2.04. The molecule has 0 aromatic heterocycles. The van der Waals surface area contributed by atoms with Gasteiger partial charge in [-0.05, 0) is 17.7 Å². The van der Waals surface area contributed by atoms with Gasteiger partial charge in [0.15, 0.2) is 0 Å². The standard InChI is InChI=1S/C14H16BrF3N2O2/c15-11-4-10(14(16,17)18)2-1-8(11)5-20-6-9(3-13(19)22)12(21)7-20/h1-2,4,9,12,21H,3,5-7H2,(H2,19,22)/t9-,12-/m1/s1. The van der Waals surface area contributed by atoms with Crippen molar-refractivity contribution >= 4 is 21.8 Å². The number of carbonyl (C=O) groups excluding carboxylic acids is 1. The van der Waals surface area contributed by atoms with Crippen LogP contribution in [0.25, 0.3) is 0 Å². The summed E-state index contributed by atoms with van der Waals surface area (Å²) in [6, 6.07) is 3.50. The highest BCUT2D eigenvalue weighted by atomic mass is 79.9. The number of primary amides is 1. The van der Waals surface area contributed by atoms with Gasteiger partial charge in [0.25, 0.3) is 0 Å². The Bertz CT molecular complexity index is 566. The second-order valence-corrected chi connectivity index (χ2v) is 6.35. The Hall–Kier alpha value is -1.12. The zero-order valence-electron chi connectivity index (χ0n) is 11.6. The molecule has 1 fully saturated rings. The Morgan fingerprint density at radius 3 is 2.64 bits per heavy atom. The third-order valence-corrected chi connectivity index (χ3v) is 4.46. The van der Waals surface area contributed by atoms with Crippen molar-refractivity contribution in [3.05, 3.63) is 33.8 Å². The molecule has 2 rings (SSSR count). The Kier molecular flexibility index (Phi) is 5.14. The van der Waals surface area contributed by atoms with Crippen molar-refractivity contribution in [3.8, 4) is 0 Å². The van der Waals surface area contributed by atoms with Crippen LogP contribution in [0, 0.1) is 5.92 Å². The van der Waals surface area contributed by atoms with Crippen LogP contribution in [0.3, 0.4) is 0 Å². The fourth-order valence-corrected chi connectivity index (χ4v) is 3.13. The summed E-state index contributed by atoms with van der Waals surface area (Å²) in [5.74, 6) is -0.702. The lowest BCUT2D eigenvalue weighted by Gasteiger charge is -2.17. The number of nitrogens with two attached hydrogens (primary N) is 1. The van der Waals surface area contributed by atoms with Crippen LogP contribution >= 0.6 is 15.9 Å². The monoisotopic (exact) mass is 380 g/mol. The second kappa shape index (κ2) is 6.55. The average molecular weight is 381 g/mol. The van der Waals surface area contributed by atoms with Crippen LogP contribution in [0.5, 0.6) is 0 Å². The van der Waals surface area contributed by atoms with Crippen LogP contribution in [0.2, 0.25) is 0 Å². The van der Waals surface area contributed by atoms with Gasteiger partial charge in [-0.1, -0.05) is 22.0 Å². The van der Waals surface area contributed by atoms with Gasteiger partial charge in [-0.25, -0.2) is 0 Å². The van der Waals surface area contributed by atoms with E-state index in [4.69, 9.17) is 5.73 Å². The summed E-state index contributed by atoms with van der Waals surface area (Å²) in [7, 11) is 0. The molecule has 3 N–H and O–H groups in total. The number of aliphatic hydroxyl groups is 1. The van der Waals surface area contributed by atoms with Crippen molar-refractivity contribution in [1.29, 1.82) is 0 Å². The SMILES string of the molecule is NC(=O)C[C@@H]1CN(Cc2ccc(C(F)(F)F)cc2Br)C[C@H]1O. The summed E-state index contributed by atoms with van der Waals surface area (Å²) < 4.78 is 38.2. The van der Waals surface area contributed by atoms with E-state index in [1.807, 2.05) is 4.90 Å². The molecule has 0 bridgehead atoms. The van der Waals surface area contributed by atoms with Crippen molar-refractivity contribution < 1.29 is 23.1 Å². The molecule has 0 saturated carbocycles. The summed E-state index contributed by atoms with van der Waals surface area (Å²) in [6.07, 6.45) is -4.93. The normalized spacial score (nSPS) is 23.0. The van der Waals surface area contributed by atoms with Crippen molar-refractivity contribution in [3.63, 3.8) is 0 Å². The summed E-state index contributed by atoms with van der Waals surface area (Å²) >= 11 is 3.15. The maximum Gasteiger partial charge on any atom is 0.416 e. The molecule has 1 saturated heterocycles. The third kappa shape index (κ3) is 4.21. The minimum atomic E-state index is -4.38. The largest absolute Gasteiger partial charge is 0.416 e. The van der Waals surface area contributed by atoms with Crippen molar-refractivity contribution in [1.82, 2.24) is 4.90 Å². The summed E-state index contributed by atoms with van der Waals surface area (Å²) in [5, 5.41) is 9.90. The molecule has 0 unspecified atom stereocenters. The molecule has 4 nitrogen and oxygen atoms in total. The van der Waals surface area contributed by atoms with Gasteiger partial charge in [-0.2, -0.15) is 13.2 Å². The summed E-state index contributed by atoms with van der Waals surface area (Å²) in [6.45, 7) is 1.24. The predicted molar refractivity (Wildman–Crippen MR) is 77.7 cm³/mol. The molecular formula is C14H16BrF3N2O2. The van der Waals surface area contributed by atoms with Crippen LogP contribution in [0.15, 0.2) is 22.7 Å². The Labute approximate surface area is 134 Å². The highest BCUT2D eigenvalue weighted by Gasteiger charge is 2.33. The molecule has 0 aliphatic carbocycles. The molecule has 1 heterocycles. The fraction of sp³-hybridized carbons (Fsp3) is 0.500. The first-order chi connectivity index (χ1) is 10.2. The van der Waals surface area contributed by atoms with E-state index in [-0.39, 0.29) is 12.3 Å². The molecule has 1 aromatic carbocycles. The fourth-order valence-electron chi connectivity index (χ4n) is 2.62. The van der Waals surface area contributed by atoms with E-state index in [0.29, 0.717) is 29.7 Å². The first-order valence-corrected chi connectivity index (χ1v) is 7.50. The lowest BCUT2D eigenvalue weighted by Crippen LogP contribution is -2.24. The van der Waals surface area contributed by atoms with Crippen molar-refractivity contribution in [2.24, 2.45) is 11.7 Å². The van der Waals surface area contributed by atoms with Gasteiger partial charge in [0, 0.05) is 36.4 Å². The van der Waals surface area contributed by atoms with Gasteiger partial charge in [-0.3, -0.25) is 9.69 Å². The number of nitrogens with zero attached hydrogens (tertiary/aromatic N) is 1. The molecule has 1 aliphatic rings. The second-order valence-electron chi connectivity index (χ2n) is 5.50. The van der Waals surface area contributed by atoms with Crippen LogP contribution in [0.4, 0.5) is 13.2 Å². The third-order valence-electron chi connectivity index (χ3n) is 3.72. The molecule has 1 amide bonds. The number of likely N-dealkylation sites (tertiary alicyclic amines) is 1. The number of alkyl halides is 3. The van der Waals surface area contributed by atoms with E-state index in [0.717, 1.165) is 12.1 Å². The predicted octanol–water partition coefficient (Wildman–Crippen LogP) is 2.14. The van der Waals surface area contributed by atoms with Crippen molar-refractivity contribution in [2.45, 2.75) is 25.2 Å². The topological polar surface area (TPSA) is 66.6 Å². The van der Waals surface area contributed by atoms with E-state index in [9.17, 15) is 23.1 Å². The van der Waals surface area contributed by atoms with Crippen molar-refractivity contribution in [2.75, 3.05) is 13.1 Å². The van der Waals surface area contributed by atoms with Crippen LogP contribution in [-0.4, -0.2) is 35.1 Å². The van der Waals surface area contributed by atoms with E-state index in [2.05, 4.69) is 15.9 Å². The average Bonchev–Trinajstić information content (AvgIpc) is 2.70. The molecule has 122 valence electrons. The quantitative estimate of drug-likeness (QED) is 0.840. The molecule has 1 aliphatic heterocycles. The number of rotatable bonds is 4. The highest BCUT2D eigenvalue weighted by Crippen LogP contribution is 2.33. The first kappa shape index (κ1) is 17.2. The number of benzene rings is 1. The maximum atomic E-state index is 12.6. The number of β-amino-alcohol motifs (C(OH)–C–C–N with tert-alkyl or cyclic N) is 1. The number of hydrogen-bond donors (Lipinski definition) is 2. The summed E-state index contributed by atoms with van der Waals surface area (Å²) in [4.78, 5) is 12.8. The van der Waals surface area contributed by atoms with Gasteiger partial charge in [0.1, 0.15) is 0 Å². The zero-order valence-corrected chi connectivity index (χ0v) is 13.2. The minimum Gasteiger partial charge on any atom is -0.391 e. The Morgan fingerprint density at radius 2 is 2.09 bits per heavy atom. The van der Waals surface area contributed by atoms with E-state index >= 15 is 0 Å². The molecule has 0 radical (unpaired) electrons. The van der Waals surface area contributed by atoms with E-state index < -0.39 is 23.8 Å². The van der Waals surface area contributed by atoms with Crippen LogP contribution in [-0.2, 0) is 17.5 Å². The molecular weight excluding hydrogens is 365 g/mol. The number of halogens is 4. The van der Waals surface area contributed by atoms with Gasteiger partial charge in [-0.15, -0.1) is 0 Å². The van der Waals surface area contributed by atoms with Gasteiger partial charge < -0.3 is 10.8 Å². The molecule has 0 spiro atoms.